The third-order valence-electron chi connectivity index (χ3n) is 2.81. The van der Waals surface area contributed by atoms with Crippen LogP contribution in [0.3, 0.4) is 0 Å². The second kappa shape index (κ2) is 10.8. The Morgan fingerprint density at radius 3 is 2.59 bits per heavy atom. The van der Waals surface area contributed by atoms with Crippen LogP contribution in [0.25, 0.3) is 0 Å². The molecule has 0 aliphatic heterocycles. The van der Waals surface area contributed by atoms with Crippen LogP contribution in [-0.4, -0.2) is 27.5 Å². The van der Waals surface area contributed by atoms with E-state index in [-0.39, 0.29) is 28.9 Å². The Bertz CT molecular complexity index is 576. The van der Waals surface area contributed by atoms with Gasteiger partial charge in [0.05, 0.1) is 11.4 Å². The molecule has 0 aliphatic rings. The third kappa shape index (κ3) is 7.95. The molecule has 6 nitrogen and oxygen atoms in total. The van der Waals surface area contributed by atoms with E-state index in [1.165, 1.54) is 6.07 Å². The van der Waals surface area contributed by atoms with Gasteiger partial charge in [0.25, 0.3) is 0 Å². The Balaban J connectivity index is 0.00000441. The first-order valence-electron chi connectivity index (χ1n) is 7.11. The number of halogens is 1. The van der Waals surface area contributed by atoms with Crippen LogP contribution in [0.4, 0.5) is 0 Å². The smallest absolute Gasteiger partial charge is 0.238 e. The number of sulfonamides is 1. The van der Waals surface area contributed by atoms with Gasteiger partial charge in [-0.2, -0.15) is 0 Å². The van der Waals surface area contributed by atoms with Crippen LogP contribution in [0.15, 0.2) is 34.2 Å². The van der Waals surface area contributed by atoms with Crippen LogP contribution in [0.2, 0.25) is 0 Å². The molecule has 0 amide bonds. The molecule has 1 aromatic rings. The lowest BCUT2D eigenvalue weighted by molar-refractivity contribution is 0.597. The summed E-state index contributed by atoms with van der Waals surface area (Å²) in [4.78, 5) is 4.55. The van der Waals surface area contributed by atoms with Gasteiger partial charge in [0, 0.05) is 13.1 Å². The van der Waals surface area contributed by atoms with Crippen molar-refractivity contribution in [3.63, 3.8) is 0 Å². The third-order valence-corrected chi connectivity index (χ3v) is 3.72. The van der Waals surface area contributed by atoms with E-state index in [2.05, 4.69) is 22.5 Å². The number of nitrogens with one attached hydrogen (secondary N) is 2. The average molecular weight is 440 g/mol. The molecular formula is C14H25IN4O2S. The summed E-state index contributed by atoms with van der Waals surface area (Å²) in [5.41, 5.74) is 0.800. The normalized spacial score (nSPS) is 11.7. The predicted octanol–water partition coefficient (Wildman–Crippen LogP) is 1.81. The molecular weight excluding hydrogens is 415 g/mol. The fourth-order valence-corrected chi connectivity index (χ4v) is 2.30. The summed E-state index contributed by atoms with van der Waals surface area (Å²) in [6.45, 7) is 6.16. The Kier molecular flexibility index (Phi) is 10.4. The minimum atomic E-state index is -3.67. The molecule has 0 radical (unpaired) electrons. The molecule has 0 saturated carbocycles. The SMILES string of the molecule is CCCCNC(=NCc1cccc(S(N)(=O)=O)c1)NCC.I. The van der Waals surface area contributed by atoms with Crippen LogP contribution in [-0.2, 0) is 16.6 Å². The largest absolute Gasteiger partial charge is 0.357 e. The minimum Gasteiger partial charge on any atom is -0.357 e. The quantitative estimate of drug-likeness (QED) is 0.261. The molecule has 8 heteroatoms. The van der Waals surface area contributed by atoms with Crippen LogP contribution < -0.4 is 15.8 Å². The van der Waals surface area contributed by atoms with Crippen molar-refractivity contribution >= 4 is 40.0 Å². The summed E-state index contributed by atoms with van der Waals surface area (Å²) in [6.07, 6.45) is 2.19. The lowest BCUT2D eigenvalue weighted by atomic mass is 10.2. The van der Waals surface area contributed by atoms with E-state index < -0.39 is 10.0 Å². The van der Waals surface area contributed by atoms with Crippen LogP contribution in [0.5, 0.6) is 0 Å². The Morgan fingerprint density at radius 2 is 2.00 bits per heavy atom. The van der Waals surface area contributed by atoms with E-state index in [9.17, 15) is 8.42 Å². The molecule has 0 saturated heterocycles. The predicted molar refractivity (Wildman–Crippen MR) is 101 cm³/mol. The number of benzene rings is 1. The minimum absolute atomic E-state index is 0. The standard InChI is InChI=1S/C14H24N4O2S.HI/c1-3-5-9-17-14(16-4-2)18-11-12-7-6-8-13(10-12)21(15,19)20;/h6-8,10H,3-5,9,11H2,1-2H3,(H2,15,19,20)(H2,16,17,18);1H. The van der Waals surface area contributed by atoms with Gasteiger partial charge in [0.2, 0.25) is 10.0 Å². The number of rotatable bonds is 7. The lowest BCUT2D eigenvalue weighted by Crippen LogP contribution is -2.37. The summed E-state index contributed by atoms with van der Waals surface area (Å²) in [6, 6.07) is 6.53. The first-order chi connectivity index (χ1) is 9.97. The van der Waals surface area contributed by atoms with E-state index in [1.807, 2.05) is 13.0 Å². The zero-order valence-electron chi connectivity index (χ0n) is 13.0. The van der Waals surface area contributed by atoms with Crippen LogP contribution in [0, 0.1) is 0 Å². The number of guanidine groups is 1. The van der Waals surface area contributed by atoms with E-state index >= 15 is 0 Å². The van der Waals surface area contributed by atoms with Gasteiger partial charge in [-0.05, 0) is 31.0 Å². The number of nitrogens with zero attached hydrogens (tertiary/aromatic N) is 1. The molecule has 0 bridgehead atoms. The topological polar surface area (TPSA) is 96.6 Å². The Labute approximate surface area is 150 Å². The Morgan fingerprint density at radius 1 is 1.27 bits per heavy atom. The molecule has 0 spiro atoms. The highest BCUT2D eigenvalue weighted by Crippen LogP contribution is 2.10. The number of hydrogen-bond acceptors (Lipinski definition) is 3. The highest BCUT2D eigenvalue weighted by atomic mass is 127. The zero-order valence-corrected chi connectivity index (χ0v) is 16.1. The van der Waals surface area contributed by atoms with Crippen LogP contribution in [0.1, 0.15) is 32.3 Å². The van der Waals surface area contributed by atoms with Gasteiger partial charge in [-0.25, -0.2) is 18.5 Å². The highest BCUT2D eigenvalue weighted by Gasteiger charge is 2.07. The van der Waals surface area contributed by atoms with Gasteiger partial charge in [-0.3, -0.25) is 0 Å². The van der Waals surface area contributed by atoms with E-state index in [0.717, 1.165) is 37.5 Å². The maximum absolute atomic E-state index is 11.3. The number of hydrogen-bond donors (Lipinski definition) is 3. The van der Waals surface area contributed by atoms with Gasteiger partial charge >= 0.3 is 0 Å². The molecule has 0 heterocycles. The molecule has 22 heavy (non-hydrogen) atoms. The van der Waals surface area contributed by atoms with Crippen molar-refractivity contribution in [2.24, 2.45) is 10.1 Å². The fourth-order valence-electron chi connectivity index (χ4n) is 1.72. The molecule has 0 unspecified atom stereocenters. The molecule has 0 aliphatic carbocycles. The molecule has 0 aromatic heterocycles. The molecule has 4 N–H and O–H groups in total. The first kappa shape index (κ1) is 21.1. The van der Waals surface area contributed by atoms with E-state index in [1.54, 1.807) is 12.1 Å². The highest BCUT2D eigenvalue weighted by molar-refractivity contribution is 14.0. The van der Waals surface area contributed by atoms with Crippen molar-refractivity contribution in [1.29, 1.82) is 0 Å². The molecule has 126 valence electrons. The van der Waals surface area contributed by atoms with Gasteiger partial charge in [-0.15, -0.1) is 24.0 Å². The summed E-state index contributed by atoms with van der Waals surface area (Å²) >= 11 is 0. The van der Waals surface area contributed by atoms with Crippen molar-refractivity contribution < 1.29 is 8.42 Å². The second-order valence-electron chi connectivity index (χ2n) is 4.67. The van der Waals surface area contributed by atoms with E-state index in [4.69, 9.17) is 5.14 Å². The van der Waals surface area contributed by atoms with Crippen molar-refractivity contribution in [3.05, 3.63) is 29.8 Å². The lowest BCUT2D eigenvalue weighted by Gasteiger charge is -2.10. The molecule has 1 rings (SSSR count). The maximum Gasteiger partial charge on any atom is 0.238 e. The van der Waals surface area contributed by atoms with Crippen molar-refractivity contribution in [2.45, 2.75) is 38.1 Å². The fraction of sp³-hybridized carbons (Fsp3) is 0.500. The molecule has 0 fully saturated rings. The van der Waals surface area contributed by atoms with Crippen molar-refractivity contribution in [1.82, 2.24) is 10.6 Å². The number of nitrogens with two attached hydrogens (primary N) is 1. The summed E-state index contributed by atoms with van der Waals surface area (Å²) in [5, 5.41) is 11.5. The number of aliphatic imine (C=N–C) groups is 1. The summed E-state index contributed by atoms with van der Waals surface area (Å²) in [5.74, 6) is 0.729. The van der Waals surface area contributed by atoms with E-state index in [0.29, 0.717) is 6.54 Å². The zero-order chi connectivity index (χ0) is 15.7. The Hall–Kier alpha value is -0.870. The molecule has 0 atom stereocenters. The molecule has 1 aromatic carbocycles. The monoisotopic (exact) mass is 440 g/mol. The second-order valence-corrected chi connectivity index (χ2v) is 6.23. The summed E-state index contributed by atoms with van der Waals surface area (Å²) < 4.78 is 22.6. The van der Waals surface area contributed by atoms with Crippen molar-refractivity contribution in [3.8, 4) is 0 Å². The summed E-state index contributed by atoms with van der Waals surface area (Å²) in [7, 11) is -3.67. The average Bonchev–Trinajstić information content (AvgIpc) is 2.44. The number of primary sulfonamides is 1. The number of unbranched alkanes of at least 4 members (excludes halogenated alkanes) is 1. The first-order valence-corrected chi connectivity index (χ1v) is 8.66. The maximum atomic E-state index is 11.3. The van der Waals surface area contributed by atoms with Gasteiger partial charge in [0.1, 0.15) is 0 Å². The van der Waals surface area contributed by atoms with Gasteiger partial charge < -0.3 is 10.6 Å². The van der Waals surface area contributed by atoms with Crippen LogP contribution >= 0.6 is 24.0 Å². The van der Waals surface area contributed by atoms with Crippen molar-refractivity contribution in [2.75, 3.05) is 13.1 Å². The van der Waals surface area contributed by atoms with Gasteiger partial charge in [0.15, 0.2) is 5.96 Å². The van der Waals surface area contributed by atoms with Gasteiger partial charge in [-0.1, -0.05) is 25.5 Å².